The van der Waals surface area contributed by atoms with Gasteiger partial charge in [-0.15, -0.1) is 0 Å². The summed E-state index contributed by atoms with van der Waals surface area (Å²) in [6.07, 6.45) is 2.69. The second-order valence-electron chi connectivity index (χ2n) is 5.60. The van der Waals surface area contributed by atoms with Crippen molar-refractivity contribution in [3.05, 3.63) is 16.4 Å². The maximum Gasteiger partial charge on any atom is 0.0860 e. The third-order valence-electron chi connectivity index (χ3n) is 4.45. The van der Waals surface area contributed by atoms with Gasteiger partial charge in [0.25, 0.3) is 0 Å². The van der Waals surface area contributed by atoms with Crippen molar-refractivity contribution in [1.29, 1.82) is 0 Å². The first-order chi connectivity index (χ1) is 8.65. The molecule has 3 fully saturated rings. The summed E-state index contributed by atoms with van der Waals surface area (Å²) >= 11 is 6.28. The molecule has 0 radical (unpaired) electrons. The maximum atomic E-state index is 6.28. The molecule has 0 amide bonds. The molecule has 3 aliphatic heterocycles. The average molecular weight is 269 g/mol. The summed E-state index contributed by atoms with van der Waals surface area (Å²) in [5.41, 5.74) is 2.02. The molecule has 18 heavy (non-hydrogen) atoms. The zero-order valence-electron chi connectivity index (χ0n) is 11.1. The molecule has 4 nitrogen and oxygen atoms in total. The minimum Gasteiger partial charge on any atom is -0.307 e. The molecule has 1 aromatic heterocycles. The Morgan fingerprint density at radius 2 is 2.11 bits per heavy atom. The molecule has 0 spiro atoms. The smallest absolute Gasteiger partial charge is 0.0860 e. The molecule has 3 saturated heterocycles. The third kappa shape index (κ3) is 2.17. The molecular weight excluding hydrogens is 248 g/mol. The van der Waals surface area contributed by atoms with E-state index in [2.05, 4.69) is 15.3 Å². The molecule has 1 aromatic rings. The van der Waals surface area contributed by atoms with Crippen LogP contribution >= 0.6 is 11.6 Å². The second-order valence-corrected chi connectivity index (χ2v) is 5.97. The summed E-state index contributed by atoms with van der Waals surface area (Å²) in [5.74, 6) is 0.850. The van der Waals surface area contributed by atoms with Gasteiger partial charge in [-0.25, -0.2) is 0 Å². The Morgan fingerprint density at radius 1 is 1.39 bits per heavy atom. The molecular formula is C13H21ClN4. The van der Waals surface area contributed by atoms with E-state index >= 15 is 0 Å². The van der Waals surface area contributed by atoms with E-state index in [0.29, 0.717) is 6.04 Å². The van der Waals surface area contributed by atoms with Crippen LogP contribution in [0.1, 0.15) is 24.2 Å². The molecule has 1 N–H and O–H groups in total. The topological polar surface area (TPSA) is 33.1 Å². The number of aromatic nitrogens is 2. The van der Waals surface area contributed by atoms with E-state index in [9.17, 15) is 0 Å². The highest BCUT2D eigenvalue weighted by Gasteiger charge is 2.33. The molecule has 3 aliphatic rings. The molecule has 1 atom stereocenters. The Hall–Kier alpha value is -0.580. The molecule has 4 heterocycles. The number of hydrogen-bond donors (Lipinski definition) is 1. The molecule has 1 unspecified atom stereocenters. The van der Waals surface area contributed by atoms with Crippen LogP contribution < -0.4 is 5.32 Å². The van der Waals surface area contributed by atoms with Crippen LogP contribution in [0.15, 0.2) is 0 Å². The maximum absolute atomic E-state index is 6.28. The number of piperidine rings is 3. The third-order valence-corrected chi connectivity index (χ3v) is 4.94. The normalized spacial score (nSPS) is 30.9. The predicted molar refractivity (Wildman–Crippen MR) is 72.7 cm³/mol. The van der Waals surface area contributed by atoms with Gasteiger partial charge in [0.15, 0.2) is 0 Å². The lowest BCUT2D eigenvalue weighted by molar-refractivity contribution is 0.0717. The highest BCUT2D eigenvalue weighted by molar-refractivity contribution is 6.31. The van der Waals surface area contributed by atoms with Crippen LogP contribution in [0.4, 0.5) is 0 Å². The van der Waals surface area contributed by atoms with Crippen molar-refractivity contribution in [1.82, 2.24) is 20.0 Å². The van der Waals surface area contributed by atoms with Gasteiger partial charge in [0, 0.05) is 26.2 Å². The predicted octanol–water partition coefficient (Wildman–Crippen LogP) is 1.57. The zero-order chi connectivity index (χ0) is 12.7. The van der Waals surface area contributed by atoms with Gasteiger partial charge < -0.3 is 10.2 Å². The van der Waals surface area contributed by atoms with E-state index in [-0.39, 0.29) is 0 Å². The Labute approximate surface area is 113 Å². The van der Waals surface area contributed by atoms with Crippen LogP contribution in [-0.4, -0.2) is 40.4 Å². The lowest BCUT2D eigenvalue weighted by Crippen LogP contribution is -2.55. The van der Waals surface area contributed by atoms with Crippen LogP contribution in [0, 0.1) is 12.8 Å². The summed E-state index contributed by atoms with van der Waals surface area (Å²) < 4.78 is 1.89. The first kappa shape index (κ1) is 12.5. The van der Waals surface area contributed by atoms with E-state index in [1.165, 1.54) is 32.5 Å². The highest BCUT2D eigenvalue weighted by Crippen LogP contribution is 2.28. The van der Waals surface area contributed by atoms with Crippen LogP contribution in [-0.2, 0) is 13.6 Å². The van der Waals surface area contributed by atoms with Gasteiger partial charge in [0.2, 0.25) is 0 Å². The van der Waals surface area contributed by atoms with E-state index in [0.717, 1.165) is 28.9 Å². The van der Waals surface area contributed by atoms with Crippen molar-refractivity contribution < 1.29 is 0 Å². The number of aryl methyl sites for hydroxylation is 2. The van der Waals surface area contributed by atoms with E-state index in [4.69, 9.17) is 11.6 Å². The fourth-order valence-corrected chi connectivity index (χ4v) is 3.52. The number of hydrogen-bond acceptors (Lipinski definition) is 3. The van der Waals surface area contributed by atoms with Crippen molar-refractivity contribution in [2.24, 2.45) is 13.0 Å². The summed E-state index contributed by atoms with van der Waals surface area (Å²) in [5, 5.41) is 8.85. The standard InChI is InChI=1S/C13H21ClN4/c1-9-13(14)12(17(2)16-9)7-15-11-8-18-5-3-10(11)4-6-18/h10-11,15H,3-8H2,1-2H3. The highest BCUT2D eigenvalue weighted by atomic mass is 35.5. The summed E-state index contributed by atoms with van der Waals surface area (Å²) in [6, 6.07) is 0.624. The molecule has 2 bridgehead atoms. The van der Waals surface area contributed by atoms with Crippen molar-refractivity contribution in [3.63, 3.8) is 0 Å². The number of fused-ring (bicyclic) bond motifs is 3. The van der Waals surface area contributed by atoms with Crippen molar-refractivity contribution in [3.8, 4) is 0 Å². The van der Waals surface area contributed by atoms with Gasteiger partial charge in [0.05, 0.1) is 16.4 Å². The lowest BCUT2D eigenvalue weighted by atomic mass is 9.84. The minimum atomic E-state index is 0.624. The van der Waals surface area contributed by atoms with Crippen LogP contribution in [0.2, 0.25) is 5.02 Å². The zero-order valence-corrected chi connectivity index (χ0v) is 11.9. The van der Waals surface area contributed by atoms with Gasteiger partial charge in [-0.05, 0) is 38.8 Å². The lowest BCUT2D eigenvalue weighted by Gasteiger charge is -2.45. The molecule has 0 saturated carbocycles. The van der Waals surface area contributed by atoms with Crippen molar-refractivity contribution in [2.75, 3.05) is 19.6 Å². The monoisotopic (exact) mass is 268 g/mol. The van der Waals surface area contributed by atoms with E-state index in [1.807, 2.05) is 18.7 Å². The number of halogens is 1. The van der Waals surface area contributed by atoms with Gasteiger partial charge in [-0.2, -0.15) is 5.10 Å². The number of rotatable bonds is 3. The van der Waals surface area contributed by atoms with Gasteiger partial charge in [-0.3, -0.25) is 4.68 Å². The fourth-order valence-electron chi connectivity index (χ4n) is 3.30. The Kier molecular flexibility index (Phi) is 3.34. The molecule has 0 aliphatic carbocycles. The quantitative estimate of drug-likeness (QED) is 0.903. The largest absolute Gasteiger partial charge is 0.307 e. The van der Waals surface area contributed by atoms with E-state index < -0.39 is 0 Å². The van der Waals surface area contributed by atoms with Gasteiger partial charge >= 0.3 is 0 Å². The van der Waals surface area contributed by atoms with Crippen LogP contribution in [0.3, 0.4) is 0 Å². The van der Waals surface area contributed by atoms with Crippen LogP contribution in [0.5, 0.6) is 0 Å². The Morgan fingerprint density at radius 3 is 2.61 bits per heavy atom. The number of nitrogens with one attached hydrogen (secondary N) is 1. The Balaban J connectivity index is 1.64. The van der Waals surface area contributed by atoms with Crippen molar-refractivity contribution >= 4 is 11.6 Å². The van der Waals surface area contributed by atoms with Gasteiger partial charge in [-0.1, -0.05) is 11.6 Å². The first-order valence-corrected chi connectivity index (χ1v) is 7.16. The summed E-state index contributed by atoms with van der Waals surface area (Å²) in [7, 11) is 1.96. The first-order valence-electron chi connectivity index (χ1n) is 6.79. The molecule has 0 aromatic carbocycles. The minimum absolute atomic E-state index is 0.624. The van der Waals surface area contributed by atoms with Crippen molar-refractivity contribution in [2.45, 2.75) is 32.4 Å². The van der Waals surface area contributed by atoms with E-state index in [1.54, 1.807) is 0 Å². The summed E-state index contributed by atoms with van der Waals surface area (Å²) in [6.45, 7) is 6.55. The second kappa shape index (κ2) is 4.83. The SMILES string of the molecule is Cc1nn(C)c(CNC2CN3CCC2CC3)c1Cl. The van der Waals surface area contributed by atoms with Crippen LogP contribution in [0.25, 0.3) is 0 Å². The molecule has 100 valence electrons. The van der Waals surface area contributed by atoms with Gasteiger partial charge in [0.1, 0.15) is 0 Å². The molecule has 5 heteroatoms. The number of nitrogens with zero attached hydrogens (tertiary/aromatic N) is 3. The fraction of sp³-hybridized carbons (Fsp3) is 0.769. The Bertz CT molecular complexity index is 434. The summed E-state index contributed by atoms with van der Waals surface area (Å²) in [4.78, 5) is 2.56. The average Bonchev–Trinajstić information content (AvgIpc) is 2.63. The molecule has 4 rings (SSSR count).